The predicted molar refractivity (Wildman–Crippen MR) is 68.6 cm³/mol. The monoisotopic (exact) mass is 246 g/mol. The maximum Gasteiger partial charge on any atom is 0.231 e. The second kappa shape index (κ2) is 4.72. The fraction of sp³-hybridized carbons (Fsp3) is 0.143. The van der Waals surface area contributed by atoms with Gasteiger partial charge in [-0.3, -0.25) is 0 Å². The van der Waals surface area contributed by atoms with Gasteiger partial charge in [-0.05, 0) is 23.8 Å². The van der Waals surface area contributed by atoms with Crippen molar-refractivity contribution in [3.8, 4) is 11.5 Å². The quantitative estimate of drug-likeness (QED) is 0.769. The molecule has 0 unspecified atom stereocenters. The van der Waals surface area contributed by atoms with E-state index in [9.17, 15) is 0 Å². The molecule has 86 valence electrons. The van der Waals surface area contributed by atoms with Crippen molar-refractivity contribution in [1.29, 1.82) is 0 Å². The number of fused-ring (bicyclic) bond motifs is 1. The largest absolute Gasteiger partial charge is 0.454 e. The van der Waals surface area contributed by atoms with E-state index in [-0.39, 0.29) is 0 Å². The standard InChI is InChI=1S/C14H12O2S/c1-2-4-11(5-3-1)9-17-12-6-7-13-14(8-12)16-10-15-13/h1-8H,9-10H2/i10D2. The first-order valence-corrected chi connectivity index (χ1v) is 6.30. The zero-order chi connectivity index (χ0) is 13.3. The fourth-order valence-corrected chi connectivity index (χ4v) is 2.47. The van der Waals surface area contributed by atoms with Crippen molar-refractivity contribution in [2.75, 3.05) is 6.75 Å². The summed E-state index contributed by atoms with van der Waals surface area (Å²) in [5.41, 5.74) is 1.25. The van der Waals surface area contributed by atoms with Crippen LogP contribution in [0.1, 0.15) is 8.30 Å². The number of benzene rings is 2. The summed E-state index contributed by atoms with van der Waals surface area (Å²) in [6, 6.07) is 15.7. The molecule has 1 aliphatic heterocycles. The highest BCUT2D eigenvalue weighted by Gasteiger charge is 2.13. The third-order valence-electron chi connectivity index (χ3n) is 2.47. The van der Waals surface area contributed by atoms with Gasteiger partial charge in [0.1, 0.15) is 2.74 Å². The molecule has 0 aromatic heterocycles. The predicted octanol–water partition coefficient (Wildman–Crippen LogP) is 3.71. The first-order valence-electron chi connectivity index (χ1n) is 6.31. The van der Waals surface area contributed by atoms with Crippen molar-refractivity contribution in [2.24, 2.45) is 0 Å². The van der Waals surface area contributed by atoms with Gasteiger partial charge in [0.05, 0.1) is 0 Å². The second-order valence-electron chi connectivity index (χ2n) is 3.67. The van der Waals surface area contributed by atoms with Crippen LogP contribution in [-0.2, 0) is 5.75 Å². The molecule has 0 N–H and O–H groups in total. The average Bonchev–Trinajstić information content (AvgIpc) is 2.70. The number of ether oxygens (including phenoxy) is 2. The van der Waals surface area contributed by atoms with Gasteiger partial charge in [-0.1, -0.05) is 30.3 Å². The number of rotatable bonds is 3. The summed E-state index contributed by atoms with van der Waals surface area (Å²) >= 11 is 1.68. The highest BCUT2D eigenvalue weighted by Crippen LogP contribution is 2.36. The third kappa shape index (κ3) is 2.39. The number of hydrogen-bond acceptors (Lipinski definition) is 3. The summed E-state index contributed by atoms with van der Waals surface area (Å²) in [5, 5.41) is 0. The minimum absolute atomic E-state index is 0.453. The van der Waals surface area contributed by atoms with Gasteiger partial charge in [-0.2, -0.15) is 0 Å². The molecule has 0 saturated carbocycles. The Morgan fingerprint density at radius 2 is 1.88 bits per heavy atom. The van der Waals surface area contributed by atoms with Gasteiger partial charge in [0.2, 0.25) is 6.75 Å². The third-order valence-corrected chi connectivity index (χ3v) is 3.53. The van der Waals surface area contributed by atoms with E-state index in [1.807, 2.05) is 30.3 Å². The Morgan fingerprint density at radius 1 is 1.06 bits per heavy atom. The van der Waals surface area contributed by atoms with Crippen LogP contribution in [0.3, 0.4) is 0 Å². The lowest BCUT2D eigenvalue weighted by atomic mass is 10.2. The summed E-state index contributed by atoms with van der Waals surface area (Å²) in [7, 11) is 0. The molecular weight excluding hydrogens is 232 g/mol. The van der Waals surface area contributed by atoms with Crippen LogP contribution in [0.15, 0.2) is 53.4 Å². The molecule has 1 heterocycles. The van der Waals surface area contributed by atoms with Crippen molar-refractivity contribution >= 4 is 11.8 Å². The molecule has 17 heavy (non-hydrogen) atoms. The Morgan fingerprint density at radius 3 is 2.76 bits per heavy atom. The van der Waals surface area contributed by atoms with Crippen LogP contribution >= 0.6 is 11.8 Å². The van der Waals surface area contributed by atoms with Gasteiger partial charge in [0, 0.05) is 10.6 Å². The van der Waals surface area contributed by atoms with Crippen molar-refractivity contribution in [3.63, 3.8) is 0 Å². The zero-order valence-electron chi connectivity index (χ0n) is 11.1. The van der Waals surface area contributed by atoms with E-state index in [4.69, 9.17) is 12.2 Å². The van der Waals surface area contributed by atoms with E-state index in [2.05, 4.69) is 12.1 Å². The SMILES string of the molecule is [2H]C1([2H])Oc2ccc(SCc3ccccc3)cc2O1. The molecule has 2 aromatic rings. The number of hydrogen-bond donors (Lipinski definition) is 0. The van der Waals surface area contributed by atoms with Gasteiger partial charge in [0.15, 0.2) is 11.5 Å². The van der Waals surface area contributed by atoms with Crippen LogP contribution in [0, 0.1) is 0 Å². The highest BCUT2D eigenvalue weighted by atomic mass is 32.2. The molecule has 0 radical (unpaired) electrons. The smallest absolute Gasteiger partial charge is 0.231 e. The van der Waals surface area contributed by atoms with Gasteiger partial charge in [0.25, 0.3) is 0 Å². The van der Waals surface area contributed by atoms with Crippen molar-refractivity contribution in [1.82, 2.24) is 0 Å². The Balaban J connectivity index is 1.71. The van der Waals surface area contributed by atoms with Gasteiger partial charge in [-0.15, -0.1) is 11.8 Å². The summed E-state index contributed by atoms with van der Waals surface area (Å²) in [6.45, 7) is -2.05. The molecule has 3 heteroatoms. The highest BCUT2D eigenvalue weighted by molar-refractivity contribution is 7.98. The van der Waals surface area contributed by atoms with Crippen LogP contribution in [-0.4, -0.2) is 6.75 Å². The first-order chi connectivity index (χ1) is 9.12. The summed E-state index contributed by atoms with van der Waals surface area (Å²) in [6.07, 6.45) is 0. The Hall–Kier alpha value is -1.61. The normalized spacial score (nSPS) is 17.4. The molecular formula is C14H12O2S. The molecule has 0 aliphatic carbocycles. The summed E-state index contributed by atoms with van der Waals surface area (Å²) in [4.78, 5) is 1.03. The van der Waals surface area contributed by atoms with Crippen LogP contribution in [0.4, 0.5) is 0 Å². The Kier molecular flexibility index (Phi) is 2.35. The van der Waals surface area contributed by atoms with E-state index in [1.54, 1.807) is 17.8 Å². The molecule has 0 atom stereocenters. The van der Waals surface area contributed by atoms with Crippen molar-refractivity contribution < 1.29 is 12.2 Å². The Labute approximate surface area is 107 Å². The zero-order valence-corrected chi connectivity index (χ0v) is 9.87. The molecule has 0 spiro atoms. The summed E-state index contributed by atoms with van der Waals surface area (Å²) < 4.78 is 24.9. The van der Waals surface area contributed by atoms with Gasteiger partial charge in [-0.25, -0.2) is 0 Å². The maximum absolute atomic E-state index is 7.39. The molecule has 0 amide bonds. The van der Waals surface area contributed by atoms with Crippen molar-refractivity contribution in [2.45, 2.75) is 10.6 Å². The van der Waals surface area contributed by atoms with E-state index < -0.39 is 6.75 Å². The van der Waals surface area contributed by atoms with E-state index in [0.717, 1.165) is 10.6 Å². The van der Waals surface area contributed by atoms with Gasteiger partial charge >= 0.3 is 0 Å². The second-order valence-corrected chi connectivity index (χ2v) is 4.72. The van der Waals surface area contributed by atoms with Crippen LogP contribution in [0.5, 0.6) is 11.5 Å². The molecule has 0 saturated heterocycles. The Bertz CT molecular complexity index is 587. The van der Waals surface area contributed by atoms with Crippen LogP contribution in [0.2, 0.25) is 0 Å². The molecule has 2 nitrogen and oxygen atoms in total. The molecule has 2 aromatic carbocycles. The molecule has 3 rings (SSSR count). The topological polar surface area (TPSA) is 18.5 Å². The molecule has 0 bridgehead atoms. The van der Waals surface area contributed by atoms with Gasteiger partial charge < -0.3 is 9.47 Å². The first kappa shape index (κ1) is 8.48. The lowest BCUT2D eigenvalue weighted by Crippen LogP contribution is -1.92. The lowest BCUT2D eigenvalue weighted by Gasteiger charge is -2.03. The minimum atomic E-state index is -2.05. The number of thioether (sulfide) groups is 1. The maximum atomic E-state index is 7.39. The van der Waals surface area contributed by atoms with E-state index in [0.29, 0.717) is 11.5 Å². The summed E-state index contributed by atoms with van der Waals surface area (Å²) in [5.74, 6) is 1.78. The lowest BCUT2D eigenvalue weighted by molar-refractivity contribution is 0.174. The van der Waals surface area contributed by atoms with Crippen LogP contribution < -0.4 is 9.47 Å². The van der Waals surface area contributed by atoms with E-state index in [1.165, 1.54) is 5.56 Å². The fourth-order valence-electron chi connectivity index (χ4n) is 1.59. The minimum Gasteiger partial charge on any atom is -0.454 e. The molecule has 1 aliphatic rings. The van der Waals surface area contributed by atoms with E-state index >= 15 is 0 Å². The molecule has 0 fully saturated rings. The van der Waals surface area contributed by atoms with Crippen molar-refractivity contribution in [3.05, 3.63) is 54.1 Å². The van der Waals surface area contributed by atoms with Crippen LogP contribution in [0.25, 0.3) is 0 Å². The average molecular weight is 246 g/mol.